The van der Waals surface area contributed by atoms with Crippen molar-refractivity contribution in [3.63, 3.8) is 0 Å². The molecule has 1 aliphatic rings. The van der Waals surface area contributed by atoms with Gasteiger partial charge in [-0.1, -0.05) is 17.3 Å². The number of hydrogen-bond donors (Lipinski definition) is 1. The van der Waals surface area contributed by atoms with Gasteiger partial charge in [-0.25, -0.2) is 0 Å². The van der Waals surface area contributed by atoms with E-state index in [0.29, 0.717) is 5.71 Å². The Balaban J connectivity index is 2.67. The first-order valence-corrected chi connectivity index (χ1v) is 3.44. The molecule has 0 bridgehead atoms. The summed E-state index contributed by atoms with van der Waals surface area (Å²) in [7, 11) is 1.33. The molecule has 0 unspecified atom stereocenters. The van der Waals surface area contributed by atoms with Crippen molar-refractivity contribution >= 4 is 11.7 Å². The van der Waals surface area contributed by atoms with Crippen LogP contribution in [0.4, 0.5) is 0 Å². The zero-order chi connectivity index (χ0) is 8.97. The Hall–Kier alpha value is -1.58. The number of oxime groups is 1. The number of hydrogen-bond acceptors (Lipinski definition) is 4. The van der Waals surface area contributed by atoms with Crippen molar-refractivity contribution < 1.29 is 14.7 Å². The zero-order valence-corrected chi connectivity index (χ0v) is 6.60. The van der Waals surface area contributed by atoms with E-state index in [1.807, 2.05) is 0 Å². The summed E-state index contributed by atoms with van der Waals surface area (Å²) >= 11 is 0. The molecule has 1 aliphatic carbocycles. The Labute approximate surface area is 69.8 Å². The molecule has 1 rings (SSSR count). The Morgan fingerprint density at radius 2 is 2.17 bits per heavy atom. The van der Waals surface area contributed by atoms with E-state index < -0.39 is 0 Å². The van der Waals surface area contributed by atoms with Gasteiger partial charge in [0.15, 0.2) is 0 Å². The molecule has 0 aromatic heterocycles. The molecule has 0 aromatic rings. The zero-order valence-electron chi connectivity index (χ0n) is 6.60. The molecule has 0 saturated carbocycles. The Morgan fingerprint density at radius 3 is 2.58 bits per heavy atom. The molecule has 0 saturated heterocycles. The number of allylic oxidation sites excluding steroid dienone is 2. The van der Waals surface area contributed by atoms with Gasteiger partial charge in [0.2, 0.25) is 0 Å². The summed E-state index contributed by atoms with van der Waals surface area (Å²) < 4.78 is 4.51. The van der Waals surface area contributed by atoms with Crippen LogP contribution >= 0.6 is 0 Å². The average Bonchev–Trinajstić information content (AvgIpc) is 2.17. The van der Waals surface area contributed by atoms with E-state index >= 15 is 0 Å². The van der Waals surface area contributed by atoms with E-state index in [0.717, 1.165) is 0 Å². The highest BCUT2D eigenvalue weighted by molar-refractivity contribution is 6.05. The van der Waals surface area contributed by atoms with E-state index in [1.54, 1.807) is 24.3 Å². The number of carbonyl (C=O) groups is 1. The molecule has 0 spiro atoms. The molecule has 4 heteroatoms. The minimum absolute atomic E-state index is 0.320. The van der Waals surface area contributed by atoms with Gasteiger partial charge in [-0.2, -0.15) is 0 Å². The van der Waals surface area contributed by atoms with E-state index in [2.05, 4.69) is 9.89 Å². The van der Waals surface area contributed by atoms with Gasteiger partial charge < -0.3 is 9.94 Å². The lowest BCUT2D eigenvalue weighted by molar-refractivity contribution is -0.142. The van der Waals surface area contributed by atoms with Crippen LogP contribution in [0, 0.1) is 5.92 Å². The molecule has 0 aromatic carbocycles. The molecule has 0 atom stereocenters. The highest BCUT2D eigenvalue weighted by Crippen LogP contribution is 2.09. The maximum absolute atomic E-state index is 10.9. The van der Waals surface area contributed by atoms with Gasteiger partial charge in [-0.3, -0.25) is 4.79 Å². The number of methoxy groups -OCH3 is 1. The quantitative estimate of drug-likeness (QED) is 0.356. The van der Waals surface area contributed by atoms with Crippen LogP contribution in [0.2, 0.25) is 0 Å². The van der Waals surface area contributed by atoms with Crippen LogP contribution in [0.1, 0.15) is 0 Å². The van der Waals surface area contributed by atoms with Gasteiger partial charge in [0, 0.05) is 0 Å². The van der Waals surface area contributed by atoms with Gasteiger partial charge in [0.05, 0.1) is 13.0 Å². The second-order valence-corrected chi connectivity index (χ2v) is 2.29. The van der Waals surface area contributed by atoms with E-state index in [4.69, 9.17) is 5.21 Å². The summed E-state index contributed by atoms with van der Waals surface area (Å²) in [6, 6.07) is 0. The first-order valence-electron chi connectivity index (χ1n) is 3.44. The van der Waals surface area contributed by atoms with Crippen LogP contribution < -0.4 is 0 Å². The number of ether oxygens (including phenoxy) is 1. The van der Waals surface area contributed by atoms with Crippen molar-refractivity contribution in [3.05, 3.63) is 24.3 Å². The molecule has 0 fully saturated rings. The molecule has 0 aliphatic heterocycles. The molecule has 0 heterocycles. The molecule has 0 amide bonds. The number of nitrogens with zero attached hydrogens (tertiary/aromatic N) is 1. The minimum Gasteiger partial charge on any atom is -0.468 e. The summed E-state index contributed by atoms with van der Waals surface area (Å²) in [5.41, 5.74) is 0.426. The van der Waals surface area contributed by atoms with Crippen LogP contribution in [0.15, 0.2) is 29.5 Å². The molecular formula is C8H9NO3. The smallest absolute Gasteiger partial charge is 0.316 e. The van der Waals surface area contributed by atoms with Gasteiger partial charge in [0.1, 0.15) is 5.71 Å². The van der Waals surface area contributed by atoms with E-state index in [1.165, 1.54) is 7.11 Å². The fraction of sp³-hybridized carbons (Fsp3) is 0.250. The summed E-state index contributed by atoms with van der Waals surface area (Å²) in [6.45, 7) is 0. The van der Waals surface area contributed by atoms with Gasteiger partial charge in [-0.15, -0.1) is 0 Å². The predicted molar refractivity (Wildman–Crippen MR) is 43.0 cm³/mol. The molecule has 12 heavy (non-hydrogen) atoms. The average molecular weight is 167 g/mol. The second-order valence-electron chi connectivity index (χ2n) is 2.29. The fourth-order valence-corrected chi connectivity index (χ4v) is 0.884. The lowest BCUT2D eigenvalue weighted by Crippen LogP contribution is -2.14. The summed E-state index contributed by atoms with van der Waals surface area (Å²) in [4.78, 5) is 10.9. The van der Waals surface area contributed by atoms with Crippen molar-refractivity contribution in [3.8, 4) is 0 Å². The second kappa shape index (κ2) is 3.71. The normalized spacial score (nSPS) is 20.8. The third-order valence-electron chi connectivity index (χ3n) is 1.54. The largest absolute Gasteiger partial charge is 0.468 e. The monoisotopic (exact) mass is 167 g/mol. The maximum atomic E-state index is 10.9. The van der Waals surface area contributed by atoms with Crippen LogP contribution in [-0.2, 0) is 9.53 Å². The number of esters is 1. The molecular weight excluding hydrogens is 158 g/mol. The molecule has 64 valence electrons. The maximum Gasteiger partial charge on any atom is 0.316 e. The third kappa shape index (κ3) is 1.72. The standard InChI is InChI=1S/C8H9NO3/c1-12-8(10)6-2-4-7(9-11)5-3-6/h2-6,11H,1H3. The molecule has 4 nitrogen and oxygen atoms in total. The van der Waals surface area contributed by atoms with Crippen molar-refractivity contribution in [1.29, 1.82) is 0 Å². The van der Waals surface area contributed by atoms with Crippen LogP contribution in [-0.4, -0.2) is 24.0 Å². The lowest BCUT2D eigenvalue weighted by atomic mass is 10.0. The third-order valence-corrected chi connectivity index (χ3v) is 1.54. The van der Waals surface area contributed by atoms with Crippen molar-refractivity contribution in [2.75, 3.05) is 7.11 Å². The SMILES string of the molecule is COC(=O)C1C=CC(=NO)C=C1. The number of rotatable bonds is 1. The highest BCUT2D eigenvalue weighted by atomic mass is 16.5. The molecule has 1 N–H and O–H groups in total. The highest BCUT2D eigenvalue weighted by Gasteiger charge is 2.14. The summed E-state index contributed by atoms with van der Waals surface area (Å²) in [5.74, 6) is -0.681. The van der Waals surface area contributed by atoms with E-state index in [9.17, 15) is 4.79 Å². The number of carbonyl (C=O) groups excluding carboxylic acids is 1. The van der Waals surface area contributed by atoms with Crippen LogP contribution in [0.5, 0.6) is 0 Å². The van der Waals surface area contributed by atoms with Gasteiger partial charge in [0.25, 0.3) is 0 Å². The summed E-state index contributed by atoms with van der Waals surface area (Å²) in [6.07, 6.45) is 6.34. The predicted octanol–water partition coefficient (Wildman–Crippen LogP) is 0.732. The van der Waals surface area contributed by atoms with Crippen molar-refractivity contribution in [2.24, 2.45) is 11.1 Å². The van der Waals surface area contributed by atoms with Crippen LogP contribution in [0.3, 0.4) is 0 Å². The lowest BCUT2D eigenvalue weighted by Gasteiger charge is -2.07. The topological polar surface area (TPSA) is 58.9 Å². The first-order chi connectivity index (χ1) is 5.77. The Kier molecular flexibility index (Phi) is 2.63. The van der Waals surface area contributed by atoms with Crippen molar-refractivity contribution in [1.82, 2.24) is 0 Å². The molecule has 0 radical (unpaired) electrons. The minimum atomic E-state index is -0.361. The Bertz CT molecular complexity index is 249. The fourth-order valence-electron chi connectivity index (χ4n) is 0.884. The Morgan fingerprint density at radius 1 is 1.58 bits per heavy atom. The first kappa shape index (κ1) is 8.52. The van der Waals surface area contributed by atoms with Gasteiger partial charge >= 0.3 is 5.97 Å². The van der Waals surface area contributed by atoms with E-state index in [-0.39, 0.29) is 11.9 Å². The summed E-state index contributed by atoms with van der Waals surface area (Å²) in [5, 5.41) is 11.3. The van der Waals surface area contributed by atoms with Crippen molar-refractivity contribution in [2.45, 2.75) is 0 Å². The van der Waals surface area contributed by atoms with Crippen LogP contribution in [0.25, 0.3) is 0 Å². The van der Waals surface area contributed by atoms with Gasteiger partial charge in [-0.05, 0) is 12.2 Å².